The number of hydrogen-bond acceptors (Lipinski definition) is 4. The van der Waals surface area contributed by atoms with Crippen molar-refractivity contribution in [3.8, 4) is 0 Å². The number of benzene rings is 1. The number of rotatable bonds is 6. The molecule has 1 aromatic carbocycles. The smallest absolute Gasteiger partial charge is 0.243 e. The number of carbonyl (C=O) groups excluding carboxylic acids is 1. The number of carbonyl (C=O) groups is 1. The first-order chi connectivity index (χ1) is 12.5. The third-order valence-electron chi connectivity index (χ3n) is 5.74. The van der Waals surface area contributed by atoms with Gasteiger partial charge in [0.2, 0.25) is 15.9 Å². The third kappa shape index (κ3) is 3.94. The molecule has 6 nitrogen and oxygen atoms in total. The molecule has 0 bridgehead atoms. The van der Waals surface area contributed by atoms with Crippen LogP contribution >= 0.6 is 0 Å². The van der Waals surface area contributed by atoms with Gasteiger partial charge in [-0.1, -0.05) is 37.5 Å². The summed E-state index contributed by atoms with van der Waals surface area (Å²) in [5, 5.41) is 12.7. The number of hydrogen-bond donors (Lipinski definition) is 2. The molecule has 0 spiro atoms. The fourth-order valence-corrected chi connectivity index (χ4v) is 5.78. The Morgan fingerprint density at radius 3 is 2.50 bits per heavy atom. The van der Waals surface area contributed by atoms with Gasteiger partial charge in [0.1, 0.15) is 6.04 Å². The van der Waals surface area contributed by atoms with Gasteiger partial charge < -0.3 is 10.4 Å². The van der Waals surface area contributed by atoms with Crippen molar-refractivity contribution in [3.05, 3.63) is 30.3 Å². The second-order valence-electron chi connectivity index (χ2n) is 7.52. The zero-order valence-corrected chi connectivity index (χ0v) is 15.9. The van der Waals surface area contributed by atoms with Crippen LogP contribution in [0.4, 0.5) is 0 Å². The topological polar surface area (TPSA) is 86.7 Å². The fourth-order valence-electron chi connectivity index (χ4n) is 4.10. The van der Waals surface area contributed by atoms with Crippen molar-refractivity contribution in [1.82, 2.24) is 9.62 Å². The van der Waals surface area contributed by atoms with Gasteiger partial charge in [0.15, 0.2) is 0 Å². The first-order valence-corrected chi connectivity index (χ1v) is 10.9. The molecule has 26 heavy (non-hydrogen) atoms. The van der Waals surface area contributed by atoms with E-state index in [1.165, 1.54) is 10.7 Å². The summed E-state index contributed by atoms with van der Waals surface area (Å²) < 4.78 is 27.1. The highest BCUT2D eigenvalue weighted by atomic mass is 32.2. The summed E-state index contributed by atoms with van der Waals surface area (Å²) in [7, 11) is -3.67. The molecule has 2 N–H and O–H groups in total. The third-order valence-corrected chi connectivity index (χ3v) is 7.67. The van der Waals surface area contributed by atoms with Crippen LogP contribution in [0.3, 0.4) is 0 Å². The number of amides is 1. The van der Waals surface area contributed by atoms with Crippen LogP contribution in [0.2, 0.25) is 0 Å². The van der Waals surface area contributed by atoms with E-state index in [1.54, 1.807) is 30.3 Å². The van der Waals surface area contributed by atoms with E-state index in [9.17, 15) is 18.3 Å². The monoisotopic (exact) mass is 380 g/mol. The second-order valence-corrected chi connectivity index (χ2v) is 9.41. The van der Waals surface area contributed by atoms with Crippen molar-refractivity contribution < 1.29 is 18.3 Å². The van der Waals surface area contributed by atoms with Crippen molar-refractivity contribution >= 4 is 15.9 Å². The average Bonchev–Trinajstić information content (AvgIpc) is 3.18. The predicted octanol–water partition coefficient (Wildman–Crippen LogP) is 1.90. The molecular weight excluding hydrogens is 352 g/mol. The molecule has 0 radical (unpaired) electrons. The Morgan fingerprint density at radius 1 is 1.15 bits per heavy atom. The van der Waals surface area contributed by atoms with Crippen LogP contribution in [0.25, 0.3) is 0 Å². The Kier molecular flexibility index (Phi) is 5.99. The number of nitrogens with zero attached hydrogens (tertiary/aromatic N) is 1. The molecule has 1 heterocycles. The van der Waals surface area contributed by atoms with E-state index in [4.69, 9.17) is 0 Å². The minimum absolute atomic E-state index is 0.0595. The summed E-state index contributed by atoms with van der Waals surface area (Å²) in [5.74, 6) is -0.250. The van der Waals surface area contributed by atoms with E-state index in [1.807, 2.05) is 0 Å². The molecule has 1 amide bonds. The average molecular weight is 381 g/mol. The molecule has 1 atom stereocenters. The Balaban J connectivity index is 1.69. The Hall–Kier alpha value is -1.44. The molecule has 7 heteroatoms. The predicted molar refractivity (Wildman–Crippen MR) is 99.0 cm³/mol. The summed E-state index contributed by atoms with van der Waals surface area (Å²) in [6.07, 6.45) is 6.31. The van der Waals surface area contributed by atoms with Crippen molar-refractivity contribution in [2.75, 3.05) is 19.7 Å². The second kappa shape index (κ2) is 8.06. The highest BCUT2D eigenvalue weighted by Crippen LogP contribution is 2.35. The van der Waals surface area contributed by atoms with Gasteiger partial charge >= 0.3 is 0 Å². The highest BCUT2D eigenvalue weighted by molar-refractivity contribution is 7.89. The molecule has 0 unspecified atom stereocenters. The summed E-state index contributed by atoms with van der Waals surface area (Å²) in [6.45, 7) is 0.836. The molecule has 2 fully saturated rings. The van der Waals surface area contributed by atoms with Crippen LogP contribution < -0.4 is 5.32 Å². The van der Waals surface area contributed by atoms with Gasteiger partial charge in [-0.15, -0.1) is 0 Å². The minimum atomic E-state index is -3.67. The normalized spacial score (nSPS) is 23.7. The van der Waals surface area contributed by atoms with Gasteiger partial charge in [0.05, 0.1) is 11.5 Å². The minimum Gasteiger partial charge on any atom is -0.396 e. The number of sulfonamides is 1. The van der Waals surface area contributed by atoms with E-state index < -0.39 is 16.1 Å². The first kappa shape index (κ1) is 19.3. The van der Waals surface area contributed by atoms with E-state index in [-0.39, 0.29) is 22.8 Å². The fraction of sp³-hybridized carbons (Fsp3) is 0.632. The molecular formula is C19H28N2O4S. The maximum Gasteiger partial charge on any atom is 0.243 e. The molecule has 1 aliphatic carbocycles. The molecule has 2 aliphatic rings. The van der Waals surface area contributed by atoms with Crippen molar-refractivity contribution in [2.45, 2.75) is 55.9 Å². The highest BCUT2D eigenvalue weighted by Gasteiger charge is 2.40. The van der Waals surface area contributed by atoms with Gasteiger partial charge in [0.25, 0.3) is 0 Å². The molecule has 1 saturated heterocycles. The van der Waals surface area contributed by atoms with Crippen LogP contribution in [0, 0.1) is 5.41 Å². The van der Waals surface area contributed by atoms with Crippen LogP contribution in [0.5, 0.6) is 0 Å². The Labute approximate surface area is 155 Å². The standard InChI is InChI=1S/C19H28N2O4S/c22-15-19(11-5-2-6-12-19)14-20-18(23)17-10-7-13-21(17)26(24,25)16-8-3-1-4-9-16/h1,3-4,8-9,17,22H,2,5-7,10-15H2,(H,20,23)/t17-/m1/s1. The largest absolute Gasteiger partial charge is 0.396 e. The number of aliphatic hydroxyl groups is 1. The lowest BCUT2D eigenvalue weighted by molar-refractivity contribution is -0.125. The maximum absolute atomic E-state index is 12.9. The molecule has 3 rings (SSSR count). The number of nitrogens with one attached hydrogen (secondary N) is 1. The molecule has 144 valence electrons. The van der Waals surface area contributed by atoms with Crippen molar-refractivity contribution in [1.29, 1.82) is 0 Å². The van der Waals surface area contributed by atoms with Crippen molar-refractivity contribution in [2.24, 2.45) is 5.41 Å². The van der Waals surface area contributed by atoms with Crippen LogP contribution in [0.15, 0.2) is 35.2 Å². The lowest BCUT2D eigenvalue weighted by Gasteiger charge is -2.36. The zero-order valence-electron chi connectivity index (χ0n) is 15.1. The lowest BCUT2D eigenvalue weighted by Crippen LogP contribution is -2.49. The van der Waals surface area contributed by atoms with Crippen LogP contribution in [0.1, 0.15) is 44.9 Å². The van der Waals surface area contributed by atoms with E-state index in [2.05, 4.69) is 5.32 Å². The molecule has 1 aromatic rings. The maximum atomic E-state index is 12.9. The molecule has 0 aromatic heterocycles. The van der Waals surface area contributed by atoms with E-state index >= 15 is 0 Å². The quantitative estimate of drug-likeness (QED) is 0.789. The SMILES string of the molecule is O=C(NCC1(CO)CCCCC1)[C@H]1CCCN1S(=O)(=O)c1ccccc1. The van der Waals surface area contributed by atoms with Crippen molar-refractivity contribution in [3.63, 3.8) is 0 Å². The molecule has 1 aliphatic heterocycles. The Morgan fingerprint density at radius 2 is 1.85 bits per heavy atom. The lowest BCUT2D eigenvalue weighted by atomic mass is 9.74. The van der Waals surface area contributed by atoms with E-state index in [0.29, 0.717) is 25.9 Å². The Bertz CT molecular complexity index is 714. The van der Waals surface area contributed by atoms with E-state index in [0.717, 1.165) is 25.7 Å². The summed E-state index contributed by atoms with van der Waals surface area (Å²) in [4.78, 5) is 13.0. The summed E-state index contributed by atoms with van der Waals surface area (Å²) in [5.41, 5.74) is -0.254. The van der Waals surface area contributed by atoms with Crippen LogP contribution in [-0.2, 0) is 14.8 Å². The zero-order chi connectivity index (χ0) is 18.6. The first-order valence-electron chi connectivity index (χ1n) is 9.44. The van der Waals surface area contributed by atoms with Gasteiger partial charge in [-0.25, -0.2) is 8.42 Å². The molecule has 1 saturated carbocycles. The summed E-state index contributed by atoms with van der Waals surface area (Å²) in [6, 6.07) is 7.60. The van der Waals surface area contributed by atoms with Gasteiger partial charge in [0, 0.05) is 18.5 Å². The number of aliphatic hydroxyl groups excluding tert-OH is 1. The summed E-state index contributed by atoms with van der Waals surface area (Å²) >= 11 is 0. The van der Waals surface area contributed by atoms with Gasteiger partial charge in [-0.3, -0.25) is 4.79 Å². The van der Waals surface area contributed by atoms with Crippen LogP contribution in [-0.4, -0.2) is 49.5 Å². The van der Waals surface area contributed by atoms with Gasteiger partial charge in [-0.2, -0.15) is 4.31 Å². The van der Waals surface area contributed by atoms with Gasteiger partial charge in [-0.05, 0) is 37.8 Å².